The van der Waals surface area contributed by atoms with Crippen molar-refractivity contribution in [3.63, 3.8) is 0 Å². The van der Waals surface area contributed by atoms with Crippen LogP contribution in [0.15, 0.2) is 6.20 Å². The highest BCUT2D eigenvalue weighted by atomic mass is 35.5. The molecule has 0 bridgehead atoms. The molecule has 0 saturated carbocycles. The van der Waals surface area contributed by atoms with Crippen LogP contribution in [0.1, 0.15) is 28.0 Å². The smallest absolute Gasteiger partial charge is 0.337 e. The molecule has 1 aromatic heterocycles. The SMILES string of the molecule is O=C(O)c1cnc(C(F)F)c(Cl)c1CCl. The Bertz CT molecular complexity index is 398. The minimum atomic E-state index is -2.86. The molecule has 82 valence electrons. The van der Waals surface area contributed by atoms with Crippen molar-refractivity contribution in [1.82, 2.24) is 4.98 Å². The number of hydrogen-bond donors (Lipinski definition) is 1. The van der Waals surface area contributed by atoms with Crippen LogP contribution >= 0.6 is 23.2 Å². The molecular weight excluding hydrogens is 251 g/mol. The molecule has 0 aliphatic carbocycles. The number of rotatable bonds is 3. The lowest BCUT2D eigenvalue weighted by molar-refractivity contribution is 0.0694. The van der Waals surface area contributed by atoms with E-state index < -0.39 is 18.1 Å². The van der Waals surface area contributed by atoms with Gasteiger partial charge in [-0.2, -0.15) is 0 Å². The summed E-state index contributed by atoms with van der Waals surface area (Å²) in [5, 5.41) is 8.32. The molecule has 7 heteroatoms. The molecule has 1 N–H and O–H groups in total. The van der Waals surface area contributed by atoms with Crippen molar-refractivity contribution in [1.29, 1.82) is 0 Å². The summed E-state index contributed by atoms with van der Waals surface area (Å²) in [6.07, 6.45) is -2.03. The number of aromatic nitrogens is 1. The number of hydrogen-bond acceptors (Lipinski definition) is 2. The third-order valence-electron chi connectivity index (χ3n) is 1.72. The molecule has 3 nitrogen and oxygen atoms in total. The average molecular weight is 256 g/mol. The van der Waals surface area contributed by atoms with Gasteiger partial charge in [-0.25, -0.2) is 13.6 Å². The summed E-state index contributed by atoms with van der Waals surface area (Å²) in [6, 6.07) is 0. The first-order valence-corrected chi connectivity index (χ1v) is 4.65. The van der Waals surface area contributed by atoms with Crippen LogP contribution in [-0.2, 0) is 5.88 Å². The predicted molar refractivity (Wildman–Crippen MR) is 50.7 cm³/mol. The molecule has 0 amide bonds. The Balaban J connectivity index is 3.39. The Morgan fingerprint density at radius 2 is 2.20 bits per heavy atom. The van der Waals surface area contributed by atoms with Gasteiger partial charge in [-0.05, 0) is 0 Å². The standard InChI is InChI=1S/C8H5Cl2F2NO2/c9-1-3-4(8(14)15)2-13-6(5(3)10)7(11)12/h2,7H,1H2,(H,14,15). The van der Waals surface area contributed by atoms with E-state index in [9.17, 15) is 13.6 Å². The fourth-order valence-electron chi connectivity index (χ4n) is 1.01. The van der Waals surface area contributed by atoms with Crippen molar-refractivity contribution in [3.8, 4) is 0 Å². The van der Waals surface area contributed by atoms with E-state index in [1.54, 1.807) is 0 Å². The van der Waals surface area contributed by atoms with Gasteiger partial charge in [0.25, 0.3) is 6.43 Å². The third kappa shape index (κ3) is 2.35. The quantitative estimate of drug-likeness (QED) is 0.845. The average Bonchev–Trinajstić information content (AvgIpc) is 2.16. The molecule has 1 rings (SSSR count). The number of pyridine rings is 1. The summed E-state index contributed by atoms with van der Waals surface area (Å²) >= 11 is 11.0. The van der Waals surface area contributed by atoms with Crippen LogP contribution in [0.5, 0.6) is 0 Å². The minimum Gasteiger partial charge on any atom is -0.478 e. The number of carbonyl (C=O) groups is 1. The first kappa shape index (κ1) is 12.1. The monoisotopic (exact) mass is 255 g/mol. The topological polar surface area (TPSA) is 50.2 Å². The van der Waals surface area contributed by atoms with Crippen LogP contribution < -0.4 is 0 Å². The van der Waals surface area contributed by atoms with Gasteiger partial charge in [0.05, 0.1) is 10.6 Å². The Hall–Kier alpha value is -0.940. The Labute approximate surface area is 93.6 Å². The number of carboxylic acids is 1. The molecule has 0 spiro atoms. The van der Waals surface area contributed by atoms with Gasteiger partial charge in [0.1, 0.15) is 5.69 Å². The zero-order valence-corrected chi connectivity index (χ0v) is 8.69. The molecule has 0 unspecified atom stereocenters. The van der Waals surface area contributed by atoms with Gasteiger partial charge >= 0.3 is 5.97 Å². The van der Waals surface area contributed by atoms with Crippen LogP contribution in [0.4, 0.5) is 8.78 Å². The normalized spacial score (nSPS) is 10.7. The first-order valence-electron chi connectivity index (χ1n) is 3.73. The summed E-state index contributed by atoms with van der Waals surface area (Å²) in [5.74, 6) is -1.57. The van der Waals surface area contributed by atoms with Crippen LogP contribution in [0.25, 0.3) is 0 Å². The fourth-order valence-corrected chi connectivity index (χ4v) is 1.65. The lowest BCUT2D eigenvalue weighted by Gasteiger charge is -2.08. The van der Waals surface area contributed by atoms with Gasteiger partial charge < -0.3 is 5.11 Å². The van der Waals surface area contributed by atoms with Crippen LogP contribution in [-0.4, -0.2) is 16.1 Å². The van der Waals surface area contributed by atoms with Gasteiger partial charge in [0.2, 0.25) is 0 Å². The molecule has 0 aliphatic rings. The van der Waals surface area contributed by atoms with E-state index in [1.165, 1.54) is 0 Å². The Kier molecular flexibility index (Phi) is 3.82. The van der Waals surface area contributed by atoms with E-state index in [1.807, 2.05) is 0 Å². The van der Waals surface area contributed by atoms with Gasteiger partial charge in [-0.15, -0.1) is 11.6 Å². The van der Waals surface area contributed by atoms with E-state index in [0.717, 1.165) is 6.20 Å². The van der Waals surface area contributed by atoms with Crippen molar-refractivity contribution in [3.05, 3.63) is 28.0 Å². The molecule has 15 heavy (non-hydrogen) atoms. The lowest BCUT2D eigenvalue weighted by Crippen LogP contribution is -2.06. The highest BCUT2D eigenvalue weighted by molar-refractivity contribution is 6.33. The summed E-state index contributed by atoms with van der Waals surface area (Å²) in [7, 11) is 0. The van der Waals surface area contributed by atoms with Gasteiger partial charge in [0.15, 0.2) is 0 Å². The number of nitrogens with zero attached hydrogens (tertiary/aromatic N) is 1. The molecular formula is C8H5Cl2F2NO2. The highest BCUT2D eigenvalue weighted by Crippen LogP contribution is 2.30. The predicted octanol–water partition coefficient (Wildman–Crippen LogP) is 3.11. The maximum atomic E-state index is 12.3. The van der Waals surface area contributed by atoms with E-state index in [2.05, 4.69) is 4.98 Å². The summed E-state index contributed by atoms with van der Waals surface area (Å²) in [6.45, 7) is 0. The summed E-state index contributed by atoms with van der Waals surface area (Å²) in [5.41, 5.74) is -0.965. The van der Waals surface area contributed by atoms with E-state index >= 15 is 0 Å². The zero-order chi connectivity index (χ0) is 11.6. The second kappa shape index (κ2) is 4.72. The zero-order valence-electron chi connectivity index (χ0n) is 7.18. The van der Waals surface area contributed by atoms with Crippen molar-refractivity contribution < 1.29 is 18.7 Å². The van der Waals surface area contributed by atoms with Gasteiger partial charge in [-0.1, -0.05) is 11.6 Å². The maximum absolute atomic E-state index is 12.3. The molecule has 1 heterocycles. The summed E-state index contributed by atoms with van der Waals surface area (Å²) in [4.78, 5) is 14.0. The van der Waals surface area contributed by atoms with Crippen molar-refractivity contribution in [2.45, 2.75) is 12.3 Å². The minimum absolute atomic E-state index is 0.0452. The second-order valence-corrected chi connectivity index (χ2v) is 3.23. The van der Waals surface area contributed by atoms with Gasteiger partial charge in [0, 0.05) is 17.6 Å². The van der Waals surface area contributed by atoms with E-state index in [4.69, 9.17) is 28.3 Å². The van der Waals surface area contributed by atoms with Crippen LogP contribution in [0.2, 0.25) is 5.02 Å². The molecule has 0 aliphatic heterocycles. The molecule has 0 fully saturated rings. The number of carboxylic acid groups (broad SMARTS) is 1. The molecule has 0 aromatic carbocycles. The van der Waals surface area contributed by atoms with E-state index in [0.29, 0.717) is 0 Å². The first-order chi connectivity index (χ1) is 6.99. The molecule has 1 aromatic rings. The van der Waals surface area contributed by atoms with Crippen molar-refractivity contribution in [2.24, 2.45) is 0 Å². The Morgan fingerprint density at radius 1 is 1.60 bits per heavy atom. The highest BCUT2D eigenvalue weighted by Gasteiger charge is 2.21. The lowest BCUT2D eigenvalue weighted by atomic mass is 10.1. The van der Waals surface area contributed by atoms with Gasteiger partial charge in [-0.3, -0.25) is 4.98 Å². The van der Waals surface area contributed by atoms with Crippen LogP contribution in [0.3, 0.4) is 0 Å². The van der Waals surface area contributed by atoms with Crippen molar-refractivity contribution in [2.75, 3.05) is 0 Å². The fraction of sp³-hybridized carbons (Fsp3) is 0.250. The largest absolute Gasteiger partial charge is 0.478 e. The van der Waals surface area contributed by atoms with Crippen molar-refractivity contribution >= 4 is 29.2 Å². The number of aromatic carboxylic acids is 1. The molecule has 0 saturated heterocycles. The summed E-state index contributed by atoms with van der Waals surface area (Å²) < 4.78 is 24.7. The number of alkyl halides is 3. The number of halogens is 4. The van der Waals surface area contributed by atoms with E-state index in [-0.39, 0.29) is 22.0 Å². The Morgan fingerprint density at radius 3 is 2.60 bits per heavy atom. The second-order valence-electron chi connectivity index (χ2n) is 2.59. The molecule has 0 radical (unpaired) electrons. The third-order valence-corrected chi connectivity index (χ3v) is 2.41. The molecule has 0 atom stereocenters. The maximum Gasteiger partial charge on any atom is 0.337 e. The van der Waals surface area contributed by atoms with Crippen LogP contribution in [0, 0.1) is 0 Å².